The van der Waals surface area contributed by atoms with Crippen molar-refractivity contribution in [3.8, 4) is 0 Å². The van der Waals surface area contributed by atoms with Gasteiger partial charge in [-0.1, -0.05) is 12.1 Å². The molecule has 1 N–H and O–H groups in total. The van der Waals surface area contributed by atoms with Gasteiger partial charge in [0.15, 0.2) is 0 Å². The molecule has 0 saturated heterocycles. The summed E-state index contributed by atoms with van der Waals surface area (Å²) < 4.78 is 13.7. The van der Waals surface area contributed by atoms with E-state index in [1.54, 1.807) is 0 Å². The first-order valence-electron chi connectivity index (χ1n) is 6.01. The Morgan fingerprint density at radius 2 is 1.76 bits per heavy atom. The summed E-state index contributed by atoms with van der Waals surface area (Å²) in [4.78, 5) is 36.2. The number of hydrogen-bond donors (Lipinski definition) is 1. The highest BCUT2D eigenvalue weighted by Gasteiger charge is 2.38. The topological polar surface area (TPSA) is 74.7 Å². The van der Waals surface area contributed by atoms with E-state index in [2.05, 4.69) is 0 Å². The van der Waals surface area contributed by atoms with Crippen LogP contribution in [0.3, 0.4) is 0 Å². The fourth-order valence-corrected chi connectivity index (χ4v) is 2.26. The quantitative estimate of drug-likeness (QED) is 0.859. The number of anilines is 1. The summed E-state index contributed by atoms with van der Waals surface area (Å²) in [5.41, 5.74) is -0.283. The highest BCUT2D eigenvalue weighted by molar-refractivity contribution is 6.34. The van der Waals surface area contributed by atoms with Gasteiger partial charge in [0, 0.05) is 0 Å². The lowest BCUT2D eigenvalue weighted by Crippen LogP contribution is -2.29. The number of rotatable bonds is 2. The summed E-state index contributed by atoms with van der Waals surface area (Å²) in [6.45, 7) is 0. The van der Waals surface area contributed by atoms with Crippen molar-refractivity contribution in [1.29, 1.82) is 0 Å². The number of hydrogen-bond acceptors (Lipinski definition) is 3. The molecule has 1 aliphatic heterocycles. The molecule has 6 heteroatoms. The number of carbonyl (C=O) groups excluding carboxylic acids is 2. The van der Waals surface area contributed by atoms with Crippen LogP contribution in [0.5, 0.6) is 0 Å². The van der Waals surface area contributed by atoms with Crippen molar-refractivity contribution in [2.24, 2.45) is 0 Å². The molecule has 0 saturated carbocycles. The molecule has 0 spiro atoms. The average Bonchev–Trinajstić information content (AvgIpc) is 2.72. The molecule has 0 aromatic heterocycles. The van der Waals surface area contributed by atoms with E-state index < -0.39 is 23.6 Å². The van der Waals surface area contributed by atoms with Gasteiger partial charge in [-0.2, -0.15) is 0 Å². The molecule has 1 aliphatic rings. The zero-order valence-electron chi connectivity index (χ0n) is 10.5. The van der Waals surface area contributed by atoms with Crippen LogP contribution in [0.15, 0.2) is 42.5 Å². The molecule has 0 bridgehead atoms. The maximum atomic E-state index is 13.7. The van der Waals surface area contributed by atoms with Gasteiger partial charge in [0.25, 0.3) is 11.8 Å². The van der Waals surface area contributed by atoms with Crippen LogP contribution in [0.25, 0.3) is 0 Å². The standard InChI is InChI=1S/C15H8FNO4/c16-11-6-2-5-10-12(11)14(19)17(13(10)18)9-4-1-3-8(7-9)15(20)21/h1-7H,(H,20,21). The van der Waals surface area contributed by atoms with Crippen LogP contribution >= 0.6 is 0 Å². The predicted octanol–water partition coefficient (Wildman–Crippen LogP) is 2.32. The zero-order chi connectivity index (χ0) is 15.1. The minimum absolute atomic E-state index is 0.0271. The first kappa shape index (κ1) is 13.0. The molecular formula is C15H8FNO4. The Bertz CT molecular complexity index is 800. The van der Waals surface area contributed by atoms with Crippen molar-refractivity contribution in [1.82, 2.24) is 0 Å². The second kappa shape index (κ2) is 4.52. The highest BCUT2D eigenvalue weighted by Crippen LogP contribution is 2.30. The Morgan fingerprint density at radius 3 is 2.43 bits per heavy atom. The average molecular weight is 285 g/mol. The number of carboxylic acids is 1. The van der Waals surface area contributed by atoms with Crippen LogP contribution < -0.4 is 4.90 Å². The fraction of sp³-hybridized carbons (Fsp3) is 0. The molecule has 0 radical (unpaired) electrons. The van der Waals surface area contributed by atoms with Crippen molar-refractivity contribution in [2.75, 3.05) is 4.90 Å². The van der Waals surface area contributed by atoms with Crippen LogP contribution in [0.4, 0.5) is 10.1 Å². The Kier molecular flexibility index (Phi) is 2.79. The SMILES string of the molecule is O=C(O)c1cccc(N2C(=O)c3cccc(F)c3C2=O)c1. The molecule has 0 atom stereocenters. The Balaban J connectivity index is 2.12. The number of fused-ring (bicyclic) bond motifs is 1. The lowest BCUT2D eigenvalue weighted by molar-refractivity contribution is 0.0695. The third kappa shape index (κ3) is 1.88. The van der Waals surface area contributed by atoms with E-state index in [0.29, 0.717) is 0 Å². The van der Waals surface area contributed by atoms with Gasteiger partial charge in [-0.15, -0.1) is 0 Å². The number of carboxylic acid groups (broad SMARTS) is 1. The van der Waals surface area contributed by atoms with Gasteiger partial charge in [-0.3, -0.25) is 9.59 Å². The number of amides is 2. The summed E-state index contributed by atoms with van der Waals surface area (Å²) in [6.07, 6.45) is 0. The largest absolute Gasteiger partial charge is 0.478 e. The van der Waals surface area contributed by atoms with Crippen molar-refractivity contribution in [3.63, 3.8) is 0 Å². The van der Waals surface area contributed by atoms with Gasteiger partial charge in [0.1, 0.15) is 5.82 Å². The van der Waals surface area contributed by atoms with E-state index >= 15 is 0 Å². The van der Waals surface area contributed by atoms with E-state index in [0.717, 1.165) is 11.0 Å². The smallest absolute Gasteiger partial charge is 0.335 e. The van der Waals surface area contributed by atoms with Gasteiger partial charge in [0.05, 0.1) is 22.4 Å². The van der Waals surface area contributed by atoms with Gasteiger partial charge < -0.3 is 5.11 Å². The van der Waals surface area contributed by atoms with Crippen LogP contribution in [-0.2, 0) is 0 Å². The first-order valence-corrected chi connectivity index (χ1v) is 6.01. The fourth-order valence-electron chi connectivity index (χ4n) is 2.26. The molecule has 0 unspecified atom stereocenters. The Hall–Kier alpha value is -3.02. The van der Waals surface area contributed by atoms with Crippen LogP contribution in [0.1, 0.15) is 31.1 Å². The molecular weight excluding hydrogens is 277 g/mol. The molecule has 0 fully saturated rings. The number of aromatic carboxylic acids is 1. The molecule has 2 amide bonds. The van der Waals surface area contributed by atoms with Crippen molar-refractivity contribution in [3.05, 3.63) is 65.0 Å². The van der Waals surface area contributed by atoms with E-state index in [4.69, 9.17) is 5.11 Å². The monoisotopic (exact) mass is 285 g/mol. The predicted molar refractivity (Wildman–Crippen MR) is 70.9 cm³/mol. The molecule has 5 nitrogen and oxygen atoms in total. The van der Waals surface area contributed by atoms with Crippen molar-refractivity contribution >= 4 is 23.5 Å². The summed E-state index contributed by atoms with van der Waals surface area (Å²) in [7, 11) is 0. The summed E-state index contributed by atoms with van der Waals surface area (Å²) in [5.74, 6) is -3.42. The minimum Gasteiger partial charge on any atom is -0.478 e. The number of imide groups is 1. The van der Waals surface area contributed by atoms with E-state index in [1.165, 1.54) is 36.4 Å². The Labute approximate surface area is 118 Å². The first-order chi connectivity index (χ1) is 10.0. The second-order valence-electron chi connectivity index (χ2n) is 4.46. The van der Waals surface area contributed by atoms with Gasteiger partial charge in [0.2, 0.25) is 0 Å². The normalized spacial score (nSPS) is 13.5. The maximum Gasteiger partial charge on any atom is 0.335 e. The van der Waals surface area contributed by atoms with E-state index in [-0.39, 0.29) is 22.4 Å². The van der Waals surface area contributed by atoms with Crippen molar-refractivity contribution < 1.29 is 23.9 Å². The number of halogens is 1. The van der Waals surface area contributed by atoms with Gasteiger partial charge in [-0.25, -0.2) is 14.1 Å². The summed E-state index contributed by atoms with van der Waals surface area (Å²) in [5, 5.41) is 8.95. The third-order valence-corrected chi connectivity index (χ3v) is 3.22. The van der Waals surface area contributed by atoms with Crippen molar-refractivity contribution in [2.45, 2.75) is 0 Å². The molecule has 3 rings (SSSR count). The number of benzene rings is 2. The third-order valence-electron chi connectivity index (χ3n) is 3.22. The molecule has 104 valence electrons. The maximum absolute atomic E-state index is 13.7. The van der Waals surface area contributed by atoms with Crippen LogP contribution in [-0.4, -0.2) is 22.9 Å². The van der Waals surface area contributed by atoms with E-state index in [9.17, 15) is 18.8 Å². The number of nitrogens with zero attached hydrogens (tertiary/aromatic N) is 1. The zero-order valence-corrected chi connectivity index (χ0v) is 10.5. The molecule has 2 aromatic rings. The van der Waals surface area contributed by atoms with E-state index in [1.807, 2.05) is 0 Å². The molecule has 2 aromatic carbocycles. The lowest BCUT2D eigenvalue weighted by Gasteiger charge is -2.14. The lowest BCUT2D eigenvalue weighted by atomic mass is 10.1. The molecule has 0 aliphatic carbocycles. The molecule has 21 heavy (non-hydrogen) atoms. The Morgan fingerprint density at radius 1 is 1.05 bits per heavy atom. The van der Waals surface area contributed by atoms with Gasteiger partial charge in [-0.05, 0) is 30.3 Å². The van der Waals surface area contributed by atoms with Gasteiger partial charge >= 0.3 is 5.97 Å². The second-order valence-corrected chi connectivity index (χ2v) is 4.46. The number of carbonyl (C=O) groups is 3. The molecule has 1 heterocycles. The summed E-state index contributed by atoms with van der Waals surface area (Å²) >= 11 is 0. The summed E-state index contributed by atoms with van der Waals surface area (Å²) in [6, 6.07) is 9.18. The minimum atomic E-state index is -1.18. The van der Waals surface area contributed by atoms with Crippen LogP contribution in [0, 0.1) is 5.82 Å². The van der Waals surface area contributed by atoms with Crippen LogP contribution in [0.2, 0.25) is 0 Å². The highest BCUT2D eigenvalue weighted by atomic mass is 19.1.